The number of aliphatic carboxylic acids is 1. The van der Waals surface area contributed by atoms with Gasteiger partial charge in [-0.2, -0.15) is 0 Å². The van der Waals surface area contributed by atoms with Gasteiger partial charge in [-0.05, 0) is 46.1 Å². The van der Waals surface area contributed by atoms with E-state index in [1.54, 1.807) is 0 Å². The summed E-state index contributed by atoms with van der Waals surface area (Å²) in [5, 5.41) is 9.30. The Hall–Kier alpha value is -0.610. The lowest BCUT2D eigenvalue weighted by Crippen LogP contribution is -2.53. The average Bonchev–Trinajstić information content (AvgIpc) is 2.27. The van der Waals surface area contributed by atoms with Crippen LogP contribution in [0.4, 0.5) is 0 Å². The lowest BCUT2D eigenvalue weighted by atomic mass is 9.92. The van der Waals surface area contributed by atoms with E-state index in [9.17, 15) is 9.90 Å². The first-order valence-electron chi connectivity index (χ1n) is 6.72. The third-order valence-electron chi connectivity index (χ3n) is 3.97. The molecule has 0 radical (unpaired) electrons. The summed E-state index contributed by atoms with van der Waals surface area (Å²) < 4.78 is 5.73. The fourth-order valence-electron chi connectivity index (χ4n) is 3.30. The van der Waals surface area contributed by atoms with E-state index in [0.29, 0.717) is 6.04 Å². The van der Waals surface area contributed by atoms with Gasteiger partial charge in [0, 0.05) is 6.04 Å². The number of hydrogen-bond acceptors (Lipinski definition) is 3. The van der Waals surface area contributed by atoms with Crippen LogP contribution in [0.3, 0.4) is 0 Å². The molecule has 2 heterocycles. The quantitative estimate of drug-likeness (QED) is 0.802. The summed E-state index contributed by atoms with van der Waals surface area (Å²) in [5.74, 6) is -0.656. The Kier molecular flexibility index (Phi) is 4.05. The molecule has 2 saturated heterocycles. The number of hydrogen-bond donors (Lipinski definition) is 1. The molecule has 2 aliphatic rings. The minimum Gasteiger partial charge on any atom is -0.480 e. The van der Waals surface area contributed by atoms with Gasteiger partial charge in [-0.3, -0.25) is 9.69 Å². The predicted molar refractivity (Wildman–Crippen MR) is 65.0 cm³/mol. The lowest BCUT2D eigenvalue weighted by molar-refractivity contribution is -0.149. The zero-order valence-electron chi connectivity index (χ0n) is 10.8. The SMILES string of the molecule is CC1CC(N2CCCCC2C(=O)O)CC(C)O1. The molecule has 0 saturated carbocycles. The Balaban J connectivity index is 2.05. The topological polar surface area (TPSA) is 49.8 Å². The van der Waals surface area contributed by atoms with E-state index in [1.165, 1.54) is 0 Å². The van der Waals surface area contributed by atoms with Crippen LogP contribution in [0.1, 0.15) is 46.0 Å². The Morgan fingerprint density at radius 2 is 1.88 bits per heavy atom. The number of ether oxygens (including phenoxy) is 1. The van der Waals surface area contributed by atoms with Crippen LogP contribution in [0.15, 0.2) is 0 Å². The summed E-state index contributed by atoms with van der Waals surface area (Å²) in [5.41, 5.74) is 0. The van der Waals surface area contributed by atoms with Crippen molar-refractivity contribution in [2.24, 2.45) is 0 Å². The van der Waals surface area contributed by atoms with Crippen LogP contribution in [0.2, 0.25) is 0 Å². The second kappa shape index (κ2) is 5.36. The predicted octanol–water partition coefficient (Wildman–Crippen LogP) is 1.88. The maximum atomic E-state index is 11.3. The lowest BCUT2D eigenvalue weighted by Gasteiger charge is -2.43. The molecule has 2 rings (SSSR count). The normalized spacial score (nSPS) is 40.1. The van der Waals surface area contributed by atoms with Gasteiger partial charge in [0.15, 0.2) is 0 Å². The first kappa shape index (κ1) is 12.8. The number of likely N-dealkylation sites (tertiary alicyclic amines) is 1. The van der Waals surface area contributed by atoms with E-state index in [0.717, 1.165) is 38.6 Å². The van der Waals surface area contributed by atoms with Crippen LogP contribution < -0.4 is 0 Å². The van der Waals surface area contributed by atoms with Crippen molar-refractivity contribution in [1.82, 2.24) is 4.90 Å². The highest BCUT2D eigenvalue weighted by atomic mass is 16.5. The van der Waals surface area contributed by atoms with Gasteiger partial charge in [0.2, 0.25) is 0 Å². The Labute approximate surface area is 103 Å². The van der Waals surface area contributed by atoms with Crippen LogP contribution >= 0.6 is 0 Å². The summed E-state index contributed by atoms with van der Waals surface area (Å²) in [6, 6.07) is 0.112. The Morgan fingerprint density at radius 3 is 2.47 bits per heavy atom. The first-order chi connectivity index (χ1) is 8.08. The van der Waals surface area contributed by atoms with Gasteiger partial charge >= 0.3 is 5.97 Å². The molecule has 1 N–H and O–H groups in total. The van der Waals surface area contributed by atoms with Gasteiger partial charge < -0.3 is 9.84 Å². The molecule has 0 spiro atoms. The van der Waals surface area contributed by atoms with Crippen molar-refractivity contribution in [2.75, 3.05) is 6.54 Å². The zero-order chi connectivity index (χ0) is 12.4. The summed E-state index contributed by atoms with van der Waals surface area (Å²) in [6.07, 6.45) is 5.41. The molecular weight excluding hydrogens is 218 g/mol. The van der Waals surface area contributed by atoms with E-state index in [-0.39, 0.29) is 18.2 Å². The molecule has 98 valence electrons. The van der Waals surface area contributed by atoms with Crippen molar-refractivity contribution < 1.29 is 14.6 Å². The monoisotopic (exact) mass is 241 g/mol. The number of nitrogens with zero attached hydrogens (tertiary/aromatic N) is 1. The first-order valence-corrected chi connectivity index (χ1v) is 6.72. The number of carbonyl (C=O) groups is 1. The van der Waals surface area contributed by atoms with E-state index < -0.39 is 5.97 Å². The molecule has 0 aromatic heterocycles. The molecule has 3 atom stereocenters. The zero-order valence-corrected chi connectivity index (χ0v) is 10.8. The maximum absolute atomic E-state index is 11.3. The number of carboxylic acids is 1. The standard InChI is InChI=1S/C13H23NO3/c1-9-7-11(8-10(2)17-9)14-6-4-3-5-12(14)13(15)16/h9-12H,3-8H2,1-2H3,(H,15,16). The second-order valence-corrected chi connectivity index (χ2v) is 5.47. The van der Waals surface area contributed by atoms with Gasteiger partial charge in [0.1, 0.15) is 6.04 Å². The minimum atomic E-state index is -0.656. The van der Waals surface area contributed by atoms with Crippen molar-refractivity contribution in [3.8, 4) is 0 Å². The molecule has 3 unspecified atom stereocenters. The number of piperidine rings is 1. The molecular formula is C13H23NO3. The largest absolute Gasteiger partial charge is 0.480 e. The summed E-state index contributed by atoms with van der Waals surface area (Å²) in [7, 11) is 0. The van der Waals surface area contributed by atoms with Crippen molar-refractivity contribution in [3.05, 3.63) is 0 Å². The fourth-order valence-corrected chi connectivity index (χ4v) is 3.30. The molecule has 4 nitrogen and oxygen atoms in total. The molecule has 0 aromatic carbocycles. The van der Waals surface area contributed by atoms with Crippen LogP contribution in [-0.2, 0) is 9.53 Å². The van der Waals surface area contributed by atoms with Gasteiger partial charge in [0.25, 0.3) is 0 Å². The highest BCUT2D eigenvalue weighted by Crippen LogP contribution is 2.29. The molecule has 2 aliphatic heterocycles. The number of carboxylic acid groups (broad SMARTS) is 1. The highest BCUT2D eigenvalue weighted by molar-refractivity contribution is 5.73. The van der Waals surface area contributed by atoms with Crippen LogP contribution in [-0.4, -0.2) is 46.8 Å². The van der Waals surface area contributed by atoms with Crippen LogP contribution in [0.5, 0.6) is 0 Å². The van der Waals surface area contributed by atoms with Crippen molar-refractivity contribution in [2.45, 2.75) is 70.2 Å². The summed E-state index contributed by atoms with van der Waals surface area (Å²) in [6.45, 7) is 5.10. The van der Waals surface area contributed by atoms with Crippen LogP contribution in [0, 0.1) is 0 Å². The second-order valence-electron chi connectivity index (χ2n) is 5.47. The van der Waals surface area contributed by atoms with Crippen LogP contribution in [0.25, 0.3) is 0 Å². The van der Waals surface area contributed by atoms with E-state index in [4.69, 9.17) is 4.74 Å². The van der Waals surface area contributed by atoms with Crippen molar-refractivity contribution in [3.63, 3.8) is 0 Å². The molecule has 17 heavy (non-hydrogen) atoms. The number of rotatable bonds is 2. The third-order valence-corrected chi connectivity index (χ3v) is 3.97. The summed E-state index contributed by atoms with van der Waals surface area (Å²) >= 11 is 0. The van der Waals surface area contributed by atoms with Crippen molar-refractivity contribution >= 4 is 5.97 Å². The highest BCUT2D eigenvalue weighted by Gasteiger charge is 2.36. The van der Waals surface area contributed by atoms with E-state index >= 15 is 0 Å². The summed E-state index contributed by atoms with van der Waals surface area (Å²) in [4.78, 5) is 13.5. The molecule has 2 fully saturated rings. The van der Waals surface area contributed by atoms with E-state index in [2.05, 4.69) is 18.7 Å². The maximum Gasteiger partial charge on any atom is 0.320 e. The van der Waals surface area contributed by atoms with Gasteiger partial charge in [-0.15, -0.1) is 0 Å². The third kappa shape index (κ3) is 2.99. The Morgan fingerprint density at radius 1 is 1.24 bits per heavy atom. The van der Waals surface area contributed by atoms with Gasteiger partial charge in [-0.25, -0.2) is 0 Å². The fraction of sp³-hybridized carbons (Fsp3) is 0.923. The molecule has 0 bridgehead atoms. The molecule has 0 amide bonds. The van der Waals surface area contributed by atoms with Gasteiger partial charge in [0.05, 0.1) is 12.2 Å². The van der Waals surface area contributed by atoms with Crippen molar-refractivity contribution in [1.29, 1.82) is 0 Å². The molecule has 0 aliphatic carbocycles. The van der Waals surface area contributed by atoms with E-state index in [1.807, 2.05) is 0 Å². The minimum absolute atomic E-state index is 0.250. The average molecular weight is 241 g/mol. The van der Waals surface area contributed by atoms with Gasteiger partial charge in [-0.1, -0.05) is 6.42 Å². The smallest absolute Gasteiger partial charge is 0.320 e. The molecule has 4 heteroatoms. The molecule has 0 aromatic rings. The Bertz CT molecular complexity index is 272.